The minimum atomic E-state index is -0.446. The molecular formula is C18H17N3O4. The summed E-state index contributed by atoms with van der Waals surface area (Å²) in [5.74, 6) is -0.0232. The van der Waals surface area contributed by atoms with Crippen LogP contribution in [0.3, 0.4) is 0 Å². The van der Waals surface area contributed by atoms with Gasteiger partial charge in [0.2, 0.25) is 0 Å². The Morgan fingerprint density at radius 1 is 1.12 bits per heavy atom. The van der Waals surface area contributed by atoms with Crippen LogP contribution in [0.4, 0.5) is 11.4 Å². The molecule has 2 aromatic carbocycles. The number of anilines is 1. The zero-order valence-electron chi connectivity index (χ0n) is 13.6. The predicted molar refractivity (Wildman–Crippen MR) is 94.9 cm³/mol. The molecule has 3 aromatic rings. The third kappa shape index (κ3) is 3.45. The summed E-state index contributed by atoms with van der Waals surface area (Å²) >= 11 is 0. The maximum atomic E-state index is 12.3. The van der Waals surface area contributed by atoms with Crippen molar-refractivity contribution < 1.29 is 14.1 Å². The Morgan fingerprint density at radius 2 is 1.84 bits per heavy atom. The Morgan fingerprint density at radius 3 is 2.60 bits per heavy atom. The molecule has 7 nitrogen and oxygen atoms in total. The zero-order valence-corrected chi connectivity index (χ0v) is 13.6. The van der Waals surface area contributed by atoms with E-state index in [0.29, 0.717) is 24.4 Å². The number of amides is 1. The first kappa shape index (κ1) is 16.5. The van der Waals surface area contributed by atoms with Crippen molar-refractivity contribution in [1.29, 1.82) is 0 Å². The summed E-state index contributed by atoms with van der Waals surface area (Å²) in [6, 6.07) is 13.8. The minimum Gasteiger partial charge on any atom is -0.451 e. The third-order valence-electron chi connectivity index (χ3n) is 3.88. The van der Waals surface area contributed by atoms with Crippen LogP contribution in [0.1, 0.15) is 16.1 Å². The summed E-state index contributed by atoms with van der Waals surface area (Å²) in [4.78, 5) is 22.8. The quantitative estimate of drug-likeness (QED) is 0.407. The molecule has 0 aliphatic heterocycles. The monoisotopic (exact) mass is 339 g/mol. The lowest BCUT2D eigenvalue weighted by molar-refractivity contribution is -0.384. The van der Waals surface area contributed by atoms with E-state index in [9.17, 15) is 14.9 Å². The van der Waals surface area contributed by atoms with Crippen molar-refractivity contribution in [3.63, 3.8) is 0 Å². The van der Waals surface area contributed by atoms with Gasteiger partial charge in [-0.25, -0.2) is 0 Å². The minimum absolute atomic E-state index is 0.00181. The van der Waals surface area contributed by atoms with E-state index in [1.165, 1.54) is 6.07 Å². The van der Waals surface area contributed by atoms with Gasteiger partial charge in [-0.1, -0.05) is 30.3 Å². The number of carbonyl (C=O) groups excluding carboxylic acids is 1. The van der Waals surface area contributed by atoms with E-state index in [1.807, 2.05) is 31.2 Å². The number of furan rings is 1. The first-order valence-corrected chi connectivity index (χ1v) is 7.81. The van der Waals surface area contributed by atoms with Gasteiger partial charge in [-0.05, 0) is 19.1 Å². The van der Waals surface area contributed by atoms with Crippen LogP contribution in [0.5, 0.6) is 0 Å². The van der Waals surface area contributed by atoms with Gasteiger partial charge in [-0.15, -0.1) is 0 Å². The molecule has 25 heavy (non-hydrogen) atoms. The number of hydrogen-bond acceptors (Lipinski definition) is 5. The molecule has 0 saturated carbocycles. The van der Waals surface area contributed by atoms with Crippen LogP contribution in [0.2, 0.25) is 0 Å². The van der Waals surface area contributed by atoms with Gasteiger partial charge in [-0.3, -0.25) is 14.9 Å². The highest BCUT2D eigenvalue weighted by Gasteiger charge is 2.17. The normalized spacial score (nSPS) is 10.6. The molecule has 3 rings (SSSR count). The van der Waals surface area contributed by atoms with Crippen molar-refractivity contribution in [1.82, 2.24) is 5.32 Å². The molecule has 0 unspecified atom stereocenters. The molecule has 0 radical (unpaired) electrons. The first-order valence-electron chi connectivity index (χ1n) is 7.81. The molecule has 0 aliphatic carbocycles. The van der Waals surface area contributed by atoms with Crippen LogP contribution in [-0.2, 0) is 0 Å². The summed E-state index contributed by atoms with van der Waals surface area (Å²) < 4.78 is 5.60. The van der Waals surface area contributed by atoms with Crippen LogP contribution < -0.4 is 10.6 Å². The highest BCUT2D eigenvalue weighted by molar-refractivity contribution is 5.98. The number of hydrogen-bond donors (Lipinski definition) is 2. The second kappa shape index (κ2) is 7.04. The van der Waals surface area contributed by atoms with Crippen molar-refractivity contribution in [3.05, 3.63) is 70.0 Å². The predicted octanol–water partition coefficient (Wildman–Crippen LogP) is 3.49. The fraction of sp³-hybridized carbons (Fsp3) is 0.167. The molecule has 128 valence electrons. The summed E-state index contributed by atoms with van der Waals surface area (Å²) in [5.41, 5.74) is 1.88. The Labute approximate surface area is 143 Å². The van der Waals surface area contributed by atoms with Gasteiger partial charge in [0, 0.05) is 30.1 Å². The molecule has 0 fully saturated rings. The van der Waals surface area contributed by atoms with Crippen molar-refractivity contribution in [2.45, 2.75) is 6.92 Å². The number of nitro groups is 1. The first-order chi connectivity index (χ1) is 12.1. The lowest BCUT2D eigenvalue weighted by Gasteiger charge is -2.07. The number of aryl methyl sites for hydroxylation is 1. The number of para-hydroxylation sites is 3. The van der Waals surface area contributed by atoms with Gasteiger partial charge >= 0.3 is 0 Å². The number of nitrogens with zero attached hydrogens (tertiary/aromatic N) is 1. The van der Waals surface area contributed by atoms with E-state index in [0.717, 1.165) is 10.9 Å². The van der Waals surface area contributed by atoms with E-state index in [2.05, 4.69) is 10.6 Å². The van der Waals surface area contributed by atoms with Crippen LogP contribution in [-0.4, -0.2) is 23.9 Å². The van der Waals surface area contributed by atoms with Crippen molar-refractivity contribution >= 4 is 28.3 Å². The topological polar surface area (TPSA) is 97.4 Å². The highest BCUT2D eigenvalue weighted by Crippen LogP contribution is 2.25. The molecule has 1 amide bonds. The average molecular weight is 339 g/mol. The van der Waals surface area contributed by atoms with Gasteiger partial charge in [0.25, 0.3) is 11.6 Å². The number of nitro benzene ring substituents is 1. The molecular weight excluding hydrogens is 322 g/mol. The van der Waals surface area contributed by atoms with Crippen molar-refractivity contribution in [3.8, 4) is 0 Å². The number of rotatable bonds is 6. The van der Waals surface area contributed by atoms with Crippen LogP contribution in [0.15, 0.2) is 52.9 Å². The molecule has 2 N–H and O–H groups in total. The molecule has 0 saturated heterocycles. The standard InChI is InChI=1S/C18H17N3O4/c1-12-13-6-2-5-9-16(13)25-17(12)18(22)20-11-10-19-14-7-3-4-8-15(14)21(23)24/h2-9,19H,10-11H2,1H3,(H,20,22). The smallest absolute Gasteiger partial charge is 0.292 e. The van der Waals surface area contributed by atoms with Crippen molar-refractivity contribution in [2.24, 2.45) is 0 Å². The van der Waals surface area contributed by atoms with E-state index >= 15 is 0 Å². The maximum absolute atomic E-state index is 12.3. The van der Waals surface area contributed by atoms with Gasteiger partial charge in [-0.2, -0.15) is 0 Å². The number of fused-ring (bicyclic) bond motifs is 1. The molecule has 1 heterocycles. The summed E-state index contributed by atoms with van der Waals surface area (Å²) in [5, 5.41) is 17.6. The fourth-order valence-corrected chi connectivity index (χ4v) is 2.63. The van der Waals surface area contributed by atoms with E-state index in [-0.39, 0.29) is 17.4 Å². The number of carbonyl (C=O) groups is 1. The highest BCUT2D eigenvalue weighted by atomic mass is 16.6. The van der Waals surface area contributed by atoms with Crippen molar-refractivity contribution in [2.75, 3.05) is 18.4 Å². The van der Waals surface area contributed by atoms with Crippen LogP contribution in [0.25, 0.3) is 11.0 Å². The largest absolute Gasteiger partial charge is 0.451 e. The Bertz CT molecular complexity index is 933. The maximum Gasteiger partial charge on any atom is 0.292 e. The fourth-order valence-electron chi connectivity index (χ4n) is 2.63. The lowest BCUT2D eigenvalue weighted by atomic mass is 10.1. The molecule has 0 spiro atoms. The average Bonchev–Trinajstić information content (AvgIpc) is 2.96. The molecule has 0 bridgehead atoms. The van der Waals surface area contributed by atoms with Gasteiger partial charge in [0.15, 0.2) is 5.76 Å². The second-order valence-electron chi connectivity index (χ2n) is 5.51. The van der Waals surface area contributed by atoms with Crippen LogP contribution in [0, 0.1) is 17.0 Å². The lowest BCUT2D eigenvalue weighted by Crippen LogP contribution is -2.29. The Kier molecular flexibility index (Phi) is 4.65. The summed E-state index contributed by atoms with van der Waals surface area (Å²) in [6.45, 7) is 2.50. The number of nitrogens with one attached hydrogen (secondary N) is 2. The van der Waals surface area contributed by atoms with Gasteiger partial charge < -0.3 is 15.1 Å². The third-order valence-corrected chi connectivity index (χ3v) is 3.88. The van der Waals surface area contributed by atoms with E-state index in [1.54, 1.807) is 18.2 Å². The number of benzene rings is 2. The van der Waals surface area contributed by atoms with Crippen LogP contribution >= 0.6 is 0 Å². The second-order valence-corrected chi connectivity index (χ2v) is 5.51. The zero-order chi connectivity index (χ0) is 17.8. The molecule has 7 heteroatoms. The SMILES string of the molecule is Cc1c(C(=O)NCCNc2ccccc2[N+](=O)[O-])oc2ccccc12. The summed E-state index contributed by atoms with van der Waals surface area (Å²) in [6.07, 6.45) is 0. The van der Waals surface area contributed by atoms with E-state index in [4.69, 9.17) is 4.42 Å². The Balaban J connectivity index is 1.60. The van der Waals surface area contributed by atoms with Gasteiger partial charge in [0.05, 0.1) is 4.92 Å². The molecule has 1 aromatic heterocycles. The molecule has 0 aliphatic rings. The van der Waals surface area contributed by atoms with E-state index < -0.39 is 4.92 Å². The Hall–Kier alpha value is -3.35. The van der Waals surface area contributed by atoms with Gasteiger partial charge in [0.1, 0.15) is 11.3 Å². The molecule has 0 atom stereocenters. The summed E-state index contributed by atoms with van der Waals surface area (Å²) in [7, 11) is 0.